The number of hydrogen-bond acceptors (Lipinski definition) is 5. The Morgan fingerprint density at radius 2 is 1.79 bits per heavy atom. The Balaban J connectivity index is 1.77. The number of benzene rings is 3. The van der Waals surface area contributed by atoms with Gasteiger partial charge in [-0.05, 0) is 48.7 Å². The monoisotopic (exact) mass is 473 g/mol. The van der Waals surface area contributed by atoms with Gasteiger partial charge in [0.25, 0.3) is 5.56 Å². The van der Waals surface area contributed by atoms with E-state index in [0.717, 1.165) is 22.4 Å². The highest BCUT2D eigenvalue weighted by molar-refractivity contribution is 8.00. The Kier molecular flexibility index (Phi) is 7.45. The van der Waals surface area contributed by atoms with Crippen molar-refractivity contribution >= 4 is 34.3 Å². The minimum atomic E-state index is -0.608. The molecule has 3 aromatic carbocycles. The smallest absolute Gasteiger partial charge is 0.262 e. The van der Waals surface area contributed by atoms with Gasteiger partial charge in [0.2, 0.25) is 5.91 Å². The first-order valence-corrected chi connectivity index (χ1v) is 11.9. The van der Waals surface area contributed by atoms with Crippen LogP contribution in [0, 0.1) is 13.8 Å². The molecule has 1 unspecified atom stereocenters. The van der Waals surface area contributed by atoms with Gasteiger partial charge in [-0.15, -0.1) is 0 Å². The molecule has 4 aromatic rings. The van der Waals surface area contributed by atoms with Crippen molar-refractivity contribution in [3.05, 3.63) is 99.8 Å². The summed E-state index contributed by atoms with van der Waals surface area (Å²) in [5.74, 6) is -0.175. The van der Waals surface area contributed by atoms with Gasteiger partial charge in [0.05, 0.1) is 24.1 Å². The lowest BCUT2D eigenvalue weighted by Crippen LogP contribution is -2.27. The van der Waals surface area contributed by atoms with Crippen LogP contribution in [-0.4, -0.2) is 29.2 Å². The van der Waals surface area contributed by atoms with Gasteiger partial charge in [-0.1, -0.05) is 66.4 Å². The van der Waals surface area contributed by atoms with Crippen LogP contribution < -0.4 is 10.9 Å². The minimum absolute atomic E-state index is 0.146. The van der Waals surface area contributed by atoms with Gasteiger partial charge in [0, 0.05) is 12.8 Å². The maximum absolute atomic E-state index is 13.6. The number of rotatable bonds is 8. The van der Waals surface area contributed by atoms with Crippen LogP contribution >= 0.6 is 11.8 Å². The third-order valence-electron chi connectivity index (χ3n) is 5.56. The molecule has 1 N–H and O–H groups in total. The van der Waals surface area contributed by atoms with Gasteiger partial charge in [-0.2, -0.15) is 0 Å². The van der Waals surface area contributed by atoms with Crippen molar-refractivity contribution in [3.63, 3.8) is 0 Å². The zero-order valence-corrected chi connectivity index (χ0v) is 20.3. The Morgan fingerprint density at radius 1 is 1.06 bits per heavy atom. The van der Waals surface area contributed by atoms with Crippen LogP contribution in [0.25, 0.3) is 10.9 Å². The average Bonchev–Trinajstić information content (AvgIpc) is 2.85. The molecule has 1 aromatic heterocycles. The summed E-state index contributed by atoms with van der Waals surface area (Å²) in [6.07, 6.45) is 0. The molecule has 34 heavy (non-hydrogen) atoms. The van der Waals surface area contributed by atoms with Crippen molar-refractivity contribution in [2.75, 3.05) is 19.0 Å². The summed E-state index contributed by atoms with van der Waals surface area (Å²) in [5.41, 5.74) is 4.11. The van der Waals surface area contributed by atoms with Crippen LogP contribution in [0.15, 0.2) is 82.7 Å². The van der Waals surface area contributed by atoms with Crippen molar-refractivity contribution in [2.45, 2.75) is 30.8 Å². The van der Waals surface area contributed by atoms with Crippen LogP contribution in [-0.2, 0) is 16.1 Å². The van der Waals surface area contributed by atoms with E-state index in [9.17, 15) is 9.59 Å². The molecular formula is C27H27N3O3S. The summed E-state index contributed by atoms with van der Waals surface area (Å²) in [4.78, 5) is 31.6. The normalized spacial score (nSPS) is 12.0. The fourth-order valence-electron chi connectivity index (χ4n) is 3.69. The number of methoxy groups -OCH3 is 1. The lowest BCUT2D eigenvalue weighted by Gasteiger charge is -2.20. The standard InChI is InChI=1S/C27H27N3O3S/c1-18-13-14-19(2)23(17-18)28-25(31)24(20-9-5-4-6-10-20)34-27-29-22-12-8-7-11-21(22)26(32)30(27)15-16-33-3/h4-14,17,24H,15-16H2,1-3H3,(H,28,31). The Bertz CT molecular complexity index is 1370. The molecule has 0 saturated carbocycles. The van der Waals surface area contributed by atoms with E-state index in [4.69, 9.17) is 9.72 Å². The number of anilines is 1. The number of hydrogen-bond donors (Lipinski definition) is 1. The molecule has 1 atom stereocenters. The average molecular weight is 474 g/mol. The Morgan fingerprint density at radius 3 is 2.56 bits per heavy atom. The second-order valence-electron chi connectivity index (χ2n) is 8.08. The lowest BCUT2D eigenvalue weighted by molar-refractivity contribution is -0.115. The predicted octanol–water partition coefficient (Wildman–Crippen LogP) is 5.13. The number of thioether (sulfide) groups is 1. The van der Waals surface area contributed by atoms with E-state index >= 15 is 0 Å². The number of ether oxygens (including phenoxy) is 1. The quantitative estimate of drug-likeness (QED) is 0.284. The SMILES string of the molecule is COCCn1c(SC(C(=O)Nc2cc(C)ccc2C)c2ccccc2)nc2ccccc2c1=O. The highest BCUT2D eigenvalue weighted by Crippen LogP contribution is 2.36. The van der Waals surface area contributed by atoms with Crippen LogP contribution in [0.3, 0.4) is 0 Å². The maximum Gasteiger partial charge on any atom is 0.262 e. The van der Waals surface area contributed by atoms with Crippen molar-refractivity contribution in [1.82, 2.24) is 9.55 Å². The van der Waals surface area contributed by atoms with Crippen molar-refractivity contribution < 1.29 is 9.53 Å². The number of amides is 1. The summed E-state index contributed by atoms with van der Waals surface area (Å²) in [6, 6.07) is 22.8. The maximum atomic E-state index is 13.6. The third kappa shape index (κ3) is 5.21. The van der Waals surface area contributed by atoms with Crippen molar-refractivity contribution in [1.29, 1.82) is 0 Å². The summed E-state index contributed by atoms with van der Waals surface area (Å²) < 4.78 is 6.83. The third-order valence-corrected chi connectivity index (χ3v) is 6.80. The highest BCUT2D eigenvalue weighted by atomic mass is 32.2. The second kappa shape index (κ2) is 10.7. The van der Waals surface area contributed by atoms with E-state index in [1.54, 1.807) is 17.7 Å². The molecule has 0 aliphatic carbocycles. The second-order valence-corrected chi connectivity index (χ2v) is 9.15. The molecule has 6 nitrogen and oxygen atoms in total. The summed E-state index contributed by atoms with van der Waals surface area (Å²) in [5, 5.41) is 3.49. The fraction of sp³-hybridized carbons (Fsp3) is 0.222. The van der Waals surface area contributed by atoms with Crippen LogP contribution in [0.4, 0.5) is 5.69 Å². The summed E-state index contributed by atoms with van der Waals surface area (Å²) >= 11 is 1.27. The first kappa shape index (κ1) is 23.7. The zero-order valence-electron chi connectivity index (χ0n) is 19.4. The fourth-order valence-corrected chi connectivity index (χ4v) is 4.81. The molecule has 1 amide bonds. The topological polar surface area (TPSA) is 73.2 Å². The molecule has 7 heteroatoms. The highest BCUT2D eigenvalue weighted by Gasteiger charge is 2.25. The van der Waals surface area contributed by atoms with Gasteiger partial charge in [-0.25, -0.2) is 4.98 Å². The predicted molar refractivity (Wildman–Crippen MR) is 137 cm³/mol. The van der Waals surface area contributed by atoms with Gasteiger partial charge in [0.15, 0.2) is 5.16 Å². The first-order valence-electron chi connectivity index (χ1n) is 11.1. The van der Waals surface area contributed by atoms with Crippen molar-refractivity contribution in [2.24, 2.45) is 0 Å². The number of aryl methyl sites for hydroxylation is 2. The lowest BCUT2D eigenvalue weighted by atomic mass is 10.1. The van der Waals surface area contributed by atoms with Gasteiger partial charge >= 0.3 is 0 Å². The van der Waals surface area contributed by atoms with Gasteiger partial charge in [0.1, 0.15) is 5.25 Å². The van der Waals surface area contributed by atoms with Crippen LogP contribution in [0.1, 0.15) is 21.9 Å². The van der Waals surface area contributed by atoms with Crippen LogP contribution in [0.5, 0.6) is 0 Å². The number of carbonyl (C=O) groups excluding carboxylic acids is 1. The molecule has 0 aliphatic heterocycles. The van der Waals surface area contributed by atoms with E-state index in [1.807, 2.05) is 80.6 Å². The van der Waals surface area contributed by atoms with Gasteiger partial charge < -0.3 is 10.1 Å². The number of para-hydroxylation sites is 1. The molecule has 0 saturated heterocycles. The number of fused-ring (bicyclic) bond motifs is 1. The van der Waals surface area contributed by atoms with E-state index in [2.05, 4.69) is 5.32 Å². The van der Waals surface area contributed by atoms with E-state index in [1.165, 1.54) is 11.8 Å². The van der Waals surface area contributed by atoms with E-state index in [0.29, 0.717) is 29.2 Å². The number of aromatic nitrogens is 2. The molecule has 0 radical (unpaired) electrons. The number of carbonyl (C=O) groups is 1. The largest absolute Gasteiger partial charge is 0.383 e. The van der Waals surface area contributed by atoms with E-state index < -0.39 is 5.25 Å². The molecule has 1 heterocycles. The van der Waals surface area contributed by atoms with Crippen LogP contribution in [0.2, 0.25) is 0 Å². The number of nitrogens with zero attached hydrogens (tertiary/aromatic N) is 2. The first-order chi connectivity index (χ1) is 16.5. The number of nitrogens with one attached hydrogen (secondary N) is 1. The molecular weight excluding hydrogens is 446 g/mol. The van der Waals surface area contributed by atoms with Crippen molar-refractivity contribution in [3.8, 4) is 0 Å². The summed E-state index contributed by atoms with van der Waals surface area (Å²) in [7, 11) is 1.59. The molecule has 0 spiro atoms. The van der Waals surface area contributed by atoms with E-state index in [-0.39, 0.29) is 11.5 Å². The van der Waals surface area contributed by atoms with Gasteiger partial charge in [-0.3, -0.25) is 14.2 Å². The molecule has 0 aliphatic rings. The summed E-state index contributed by atoms with van der Waals surface area (Å²) in [6.45, 7) is 4.66. The minimum Gasteiger partial charge on any atom is -0.383 e. The zero-order chi connectivity index (χ0) is 24.1. The Hall–Kier alpha value is -3.42. The molecule has 4 rings (SSSR count). The molecule has 0 bridgehead atoms. The molecule has 174 valence electrons. The Labute approximate surface area is 203 Å². The molecule has 0 fully saturated rings.